The number of rotatable bonds is 2. The zero-order chi connectivity index (χ0) is 10.8. The Hall–Kier alpha value is -1.51. The largest absolute Gasteiger partial charge is 0.497 e. The molecule has 1 atom stereocenters. The van der Waals surface area contributed by atoms with Crippen LogP contribution in [-0.2, 0) is 12.8 Å². The first kappa shape index (κ1) is 10.0. The molecule has 0 bridgehead atoms. The van der Waals surface area contributed by atoms with Crippen LogP contribution in [0.25, 0.3) is 0 Å². The molecule has 3 nitrogen and oxygen atoms in total. The van der Waals surface area contributed by atoms with E-state index < -0.39 is 0 Å². The van der Waals surface area contributed by atoms with E-state index in [2.05, 4.69) is 12.1 Å². The highest BCUT2D eigenvalue weighted by Crippen LogP contribution is 2.28. The number of nitrogens with one attached hydrogen (secondary N) is 1. The van der Waals surface area contributed by atoms with E-state index in [0.717, 1.165) is 25.0 Å². The third-order valence-electron chi connectivity index (χ3n) is 3.08. The van der Waals surface area contributed by atoms with Gasteiger partial charge in [-0.15, -0.1) is 0 Å². The van der Waals surface area contributed by atoms with Crippen LogP contribution < -0.4 is 10.5 Å². The maximum absolute atomic E-state index is 7.46. The summed E-state index contributed by atoms with van der Waals surface area (Å²) in [5.41, 5.74) is 8.19. The average molecular weight is 204 g/mol. The normalized spacial score (nSPS) is 19.4. The van der Waals surface area contributed by atoms with Gasteiger partial charge in [0.25, 0.3) is 0 Å². The van der Waals surface area contributed by atoms with Gasteiger partial charge in [-0.2, -0.15) is 0 Å². The summed E-state index contributed by atoms with van der Waals surface area (Å²) in [5.74, 6) is 1.46. The number of benzene rings is 1. The quantitative estimate of drug-likeness (QED) is 0.569. The number of amidine groups is 1. The van der Waals surface area contributed by atoms with Crippen LogP contribution in [0.2, 0.25) is 0 Å². The molecule has 0 amide bonds. The first-order valence-electron chi connectivity index (χ1n) is 5.20. The molecule has 0 aromatic heterocycles. The van der Waals surface area contributed by atoms with Crippen molar-refractivity contribution in [1.82, 2.24) is 0 Å². The van der Waals surface area contributed by atoms with E-state index in [0.29, 0.717) is 5.84 Å². The number of methoxy groups -OCH3 is 1. The first-order chi connectivity index (χ1) is 7.20. The number of aryl methyl sites for hydroxylation is 1. The minimum atomic E-state index is 0.228. The minimum absolute atomic E-state index is 0.228. The van der Waals surface area contributed by atoms with Crippen LogP contribution in [-0.4, -0.2) is 12.9 Å². The Balaban J connectivity index is 2.24. The van der Waals surface area contributed by atoms with Gasteiger partial charge in [0.15, 0.2) is 0 Å². The molecule has 0 fully saturated rings. The van der Waals surface area contributed by atoms with Gasteiger partial charge in [0.2, 0.25) is 0 Å². The Kier molecular flexibility index (Phi) is 2.62. The van der Waals surface area contributed by atoms with E-state index in [1.54, 1.807) is 7.11 Å². The summed E-state index contributed by atoms with van der Waals surface area (Å²) < 4.78 is 5.19. The molecule has 1 aliphatic rings. The van der Waals surface area contributed by atoms with Crippen molar-refractivity contribution in [2.75, 3.05) is 7.11 Å². The second-order valence-corrected chi connectivity index (χ2v) is 4.03. The Morgan fingerprint density at radius 3 is 2.93 bits per heavy atom. The van der Waals surface area contributed by atoms with Crippen molar-refractivity contribution in [1.29, 1.82) is 5.41 Å². The number of ether oxygens (including phenoxy) is 1. The summed E-state index contributed by atoms with van der Waals surface area (Å²) in [4.78, 5) is 0. The van der Waals surface area contributed by atoms with E-state index in [-0.39, 0.29) is 5.92 Å². The lowest BCUT2D eigenvalue weighted by atomic mass is 9.83. The summed E-state index contributed by atoms with van der Waals surface area (Å²) in [6, 6.07) is 6.15. The molecule has 0 saturated heterocycles. The Labute approximate surface area is 89.8 Å². The molecule has 0 radical (unpaired) electrons. The number of hydrogen-bond donors (Lipinski definition) is 2. The number of hydrogen-bond acceptors (Lipinski definition) is 2. The average Bonchev–Trinajstić information content (AvgIpc) is 2.27. The van der Waals surface area contributed by atoms with Gasteiger partial charge in [0.05, 0.1) is 12.9 Å². The van der Waals surface area contributed by atoms with E-state index in [1.165, 1.54) is 11.1 Å². The Morgan fingerprint density at radius 1 is 1.47 bits per heavy atom. The van der Waals surface area contributed by atoms with E-state index in [4.69, 9.17) is 15.9 Å². The molecule has 3 heteroatoms. The summed E-state index contributed by atoms with van der Waals surface area (Å²) >= 11 is 0. The summed E-state index contributed by atoms with van der Waals surface area (Å²) in [7, 11) is 1.68. The lowest BCUT2D eigenvalue weighted by Gasteiger charge is -2.23. The van der Waals surface area contributed by atoms with Crippen molar-refractivity contribution >= 4 is 5.84 Å². The Morgan fingerprint density at radius 2 is 2.27 bits per heavy atom. The van der Waals surface area contributed by atoms with Crippen molar-refractivity contribution in [3.63, 3.8) is 0 Å². The van der Waals surface area contributed by atoms with Gasteiger partial charge in [0.1, 0.15) is 5.75 Å². The summed E-state index contributed by atoms with van der Waals surface area (Å²) in [6.45, 7) is 0. The van der Waals surface area contributed by atoms with E-state index in [1.807, 2.05) is 6.07 Å². The SMILES string of the molecule is COc1ccc2c(c1)CCC(C(=N)N)C2. The van der Waals surface area contributed by atoms with E-state index >= 15 is 0 Å². The highest BCUT2D eigenvalue weighted by atomic mass is 16.5. The zero-order valence-corrected chi connectivity index (χ0v) is 8.92. The first-order valence-corrected chi connectivity index (χ1v) is 5.20. The van der Waals surface area contributed by atoms with Gasteiger partial charge in [-0.3, -0.25) is 5.41 Å². The molecule has 2 rings (SSSR count). The standard InChI is InChI=1S/C12H16N2O/c1-15-11-5-4-8-6-10(12(13)14)3-2-9(8)7-11/h4-5,7,10H,2-3,6H2,1H3,(H3,13,14). The van der Waals surface area contributed by atoms with Gasteiger partial charge in [0, 0.05) is 5.92 Å². The van der Waals surface area contributed by atoms with Crippen LogP contribution in [0.3, 0.4) is 0 Å². The topological polar surface area (TPSA) is 59.1 Å². The molecule has 1 aliphatic carbocycles. The predicted molar refractivity (Wildman–Crippen MR) is 60.4 cm³/mol. The molecule has 0 heterocycles. The third kappa shape index (κ3) is 1.96. The molecule has 0 saturated carbocycles. The van der Waals surface area contributed by atoms with Gasteiger partial charge in [-0.1, -0.05) is 6.07 Å². The summed E-state index contributed by atoms with van der Waals surface area (Å²) in [6.07, 6.45) is 2.88. The zero-order valence-electron chi connectivity index (χ0n) is 8.92. The smallest absolute Gasteiger partial charge is 0.119 e. The van der Waals surface area contributed by atoms with E-state index in [9.17, 15) is 0 Å². The molecule has 15 heavy (non-hydrogen) atoms. The van der Waals surface area contributed by atoms with Crippen LogP contribution in [0.1, 0.15) is 17.5 Å². The van der Waals surface area contributed by atoms with Gasteiger partial charge in [-0.05, 0) is 42.5 Å². The second kappa shape index (κ2) is 3.93. The molecule has 1 unspecified atom stereocenters. The maximum Gasteiger partial charge on any atom is 0.119 e. The highest BCUT2D eigenvalue weighted by molar-refractivity contribution is 5.80. The third-order valence-corrected chi connectivity index (χ3v) is 3.08. The van der Waals surface area contributed by atoms with Crippen LogP contribution in [0, 0.1) is 11.3 Å². The van der Waals surface area contributed by atoms with Crippen LogP contribution >= 0.6 is 0 Å². The monoisotopic (exact) mass is 204 g/mol. The van der Waals surface area contributed by atoms with Crippen molar-refractivity contribution < 1.29 is 4.74 Å². The van der Waals surface area contributed by atoms with Crippen molar-refractivity contribution in [2.24, 2.45) is 11.7 Å². The van der Waals surface area contributed by atoms with Crippen molar-refractivity contribution in [3.05, 3.63) is 29.3 Å². The molecule has 1 aromatic carbocycles. The molecule has 3 N–H and O–H groups in total. The van der Waals surface area contributed by atoms with Crippen LogP contribution in [0.4, 0.5) is 0 Å². The molecular weight excluding hydrogens is 188 g/mol. The van der Waals surface area contributed by atoms with Crippen molar-refractivity contribution in [3.8, 4) is 5.75 Å². The second-order valence-electron chi connectivity index (χ2n) is 4.03. The van der Waals surface area contributed by atoms with Crippen LogP contribution in [0.15, 0.2) is 18.2 Å². The predicted octanol–water partition coefficient (Wildman–Crippen LogP) is 1.74. The minimum Gasteiger partial charge on any atom is -0.497 e. The molecule has 0 spiro atoms. The molecular formula is C12H16N2O. The van der Waals surface area contributed by atoms with Gasteiger partial charge in [-0.25, -0.2) is 0 Å². The fraction of sp³-hybridized carbons (Fsp3) is 0.417. The van der Waals surface area contributed by atoms with Crippen molar-refractivity contribution in [2.45, 2.75) is 19.3 Å². The Bertz CT molecular complexity index is 387. The maximum atomic E-state index is 7.46. The highest BCUT2D eigenvalue weighted by Gasteiger charge is 2.20. The fourth-order valence-corrected chi connectivity index (χ4v) is 2.12. The molecule has 1 aromatic rings. The number of nitrogens with two attached hydrogens (primary N) is 1. The fourth-order valence-electron chi connectivity index (χ4n) is 2.12. The molecule has 80 valence electrons. The van der Waals surface area contributed by atoms with Gasteiger partial charge >= 0.3 is 0 Å². The molecule has 0 aliphatic heterocycles. The summed E-state index contributed by atoms with van der Waals surface area (Å²) in [5, 5.41) is 7.46. The lowest BCUT2D eigenvalue weighted by Crippen LogP contribution is -2.27. The van der Waals surface area contributed by atoms with Gasteiger partial charge < -0.3 is 10.5 Å². The lowest BCUT2D eigenvalue weighted by molar-refractivity contribution is 0.413. The number of fused-ring (bicyclic) bond motifs is 1. The van der Waals surface area contributed by atoms with Crippen LogP contribution in [0.5, 0.6) is 5.75 Å².